The van der Waals surface area contributed by atoms with Crippen molar-refractivity contribution in [3.8, 4) is 11.5 Å². The smallest absolute Gasteiger partial charge is 0.252 e. The summed E-state index contributed by atoms with van der Waals surface area (Å²) in [5.41, 5.74) is 0.116. The molecule has 0 saturated carbocycles. The molecule has 2 heterocycles. The molecule has 0 aliphatic carbocycles. The van der Waals surface area contributed by atoms with Crippen LogP contribution in [0.3, 0.4) is 0 Å². The Kier molecular flexibility index (Phi) is 6.41. The van der Waals surface area contributed by atoms with Crippen molar-refractivity contribution in [3.63, 3.8) is 0 Å². The van der Waals surface area contributed by atoms with E-state index in [1.54, 1.807) is 6.07 Å². The second-order valence-corrected chi connectivity index (χ2v) is 10.3. The first kappa shape index (κ1) is 21.9. The third-order valence-corrected chi connectivity index (χ3v) is 7.84. The molecule has 31 heavy (non-hydrogen) atoms. The van der Waals surface area contributed by atoms with Crippen molar-refractivity contribution in [2.24, 2.45) is 5.92 Å². The van der Waals surface area contributed by atoms with Crippen molar-refractivity contribution in [2.75, 3.05) is 26.2 Å². The van der Waals surface area contributed by atoms with E-state index in [9.17, 15) is 13.2 Å². The van der Waals surface area contributed by atoms with Crippen LogP contribution >= 0.6 is 11.6 Å². The summed E-state index contributed by atoms with van der Waals surface area (Å²) in [5, 5.41) is 2.96. The zero-order chi connectivity index (χ0) is 22.0. The Labute approximate surface area is 187 Å². The predicted octanol–water partition coefficient (Wildman–Crippen LogP) is 3.33. The number of hydrogen-bond acceptors (Lipinski definition) is 5. The van der Waals surface area contributed by atoms with Crippen LogP contribution in [0, 0.1) is 5.92 Å². The Hall–Kier alpha value is -2.29. The summed E-state index contributed by atoms with van der Waals surface area (Å²) < 4.78 is 39.0. The molecule has 0 spiro atoms. The largest absolute Gasteiger partial charge is 0.486 e. The Bertz CT molecular complexity index is 1070. The van der Waals surface area contributed by atoms with E-state index in [0.29, 0.717) is 37.1 Å². The first-order chi connectivity index (χ1) is 14.8. The Morgan fingerprint density at radius 3 is 2.61 bits per heavy atom. The summed E-state index contributed by atoms with van der Waals surface area (Å²) >= 11 is 6.21. The number of halogens is 1. The zero-order valence-electron chi connectivity index (χ0n) is 17.2. The van der Waals surface area contributed by atoms with Gasteiger partial charge in [0.2, 0.25) is 10.0 Å². The van der Waals surface area contributed by atoms with Crippen LogP contribution in [0.25, 0.3) is 0 Å². The van der Waals surface area contributed by atoms with Gasteiger partial charge in [-0.15, -0.1) is 0 Å². The van der Waals surface area contributed by atoms with Crippen LogP contribution < -0.4 is 14.8 Å². The molecule has 1 atom stereocenters. The van der Waals surface area contributed by atoms with Crippen LogP contribution in [0.4, 0.5) is 0 Å². The summed E-state index contributed by atoms with van der Waals surface area (Å²) in [5.74, 6) is 1.33. The fourth-order valence-electron chi connectivity index (χ4n) is 3.68. The number of nitrogens with zero attached hydrogens (tertiary/aromatic N) is 1. The SMILES string of the molecule is CC1CCN(S(=O)(=O)c2ccc(Cl)c(C(=O)NC[C@@H]3COc4ccccc4O3)c2)CC1. The number of benzene rings is 2. The maximum Gasteiger partial charge on any atom is 0.252 e. The molecule has 9 heteroatoms. The van der Waals surface area contributed by atoms with E-state index >= 15 is 0 Å². The average molecular weight is 465 g/mol. The number of amides is 1. The van der Waals surface area contributed by atoms with Crippen LogP contribution in [0.15, 0.2) is 47.4 Å². The fraction of sp³-hybridized carbons (Fsp3) is 0.409. The van der Waals surface area contributed by atoms with E-state index in [0.717, 1.165) is 12.8 Å². The number of para-hydroxylation sites is 2. The topological polar surface area (TPSA) is 84.9 Å². The molecule has 0 bridgehead atoms. The third-order valence-electron chi connectivity index (χ3n) is 5.62. The number of fused-ring (bicyclic) bond motifs is 1. The van der Waals surface area contributed by atoms with Crippen LogP contribution in [0.5, 0.6) is 11.5 Å². The monoisotopic (exact) mass is 464 g/mol. The van der Waals surface area contributed by atoms with Gasteiger partial charge in [0, 0.05) is 13.1 Å². The molecule has 0 aromatic heterocycles. The van der Waals surface area contributed by atoms with E-state index in [4.69, 9.17) is 21.1 Å². The number of ether oxygens (including phenoxy) is 2. The van der Waals surface area contributed by atoms with Gasteiger partial charge in [0.15, 0.2) is 11.5 Å². The number of piperidine rings is 1. The highest BCUT2D eigenvalue weighted by Gasteiger charge is 2.29. The minimum absolute atomic E-state index is 0.0720. The number of carbonyl (C=O) groups is 1. The van der Waals surface area contributed by atoms with Gasteiger partial charge >= 0.3 is 0 Å². The van der Waals surface area contributed by atoms with Crippen molar-refractivity contribution in [3.05, 3.63) is 53.1 Å². The van der Waals surface area contributed by atoms with Crippen molar-refractivity contribution in [1.29, 1.82) is 0 Å². The first-order valence-electron chi connectivity index (χ1n) is 10.3. The quantitative estimate of drug-likeness (QED) is 0.733. The molecule has 1 N–H and O–H groups in total. The molecule has 2 aliphatic heterocycles. The molecule has 2 aromatic rings. The lowest BCUT2D eigenvalue weighted by atomic mass is 10.0. The molecular formula is C22H25ClN2O5S. The molecule has 2 aromatic carbocycles. The number of nitrogens with one attached hydrogen (secondary N) is 1. The van der Waals surface area contributed by atoms with Gasteiger partial charge in [0.05, 0.1) is 22.0 Å². The summed E-state index contributed by atoms with van der Waals surface area (Å²) in [7, 11) is -3.68. The third kappa shape index (κ3) is 4.81. The molecule has 0 radical (unpaired) electrons. The molecule has 2 aliphatic rings. The van der Waals surface area contributed by atoms with Gasteiger partial charge in [-0.25, -0.2) is 8.42 Å². The van der Waals surface area contributed by atoms with Gasteiger partial charge in [-0.3, -0.25) is 4.79 Å². The molecule has 7 nitrogen and oxygen atoms in total. The Morgan fingerprint density at radius 1 is 1.16 bits per heavy atom. The molecule has 4 rings (SSSR count). The second kappa shape index (κ2) is 9.06. The highest BCUT2D eigenvalue weighted by molar-refractivity contribution is 7.89. The van der Waals surface area contributed by atoms with E-state index in [1.165, 1.54) is 22.5 Å². The molecule has 0 unspecified atom stereocenters. The van der Waals surface area contributed by atoms with Crippen molar-refractivity contribution >= 4 is 27.5 Å². The maximum atomic E-state index is 13.0. The summed E-state index contributed by atoms with van der Waals surface area (Å²) in [6.45, 7) is 3.58. The minimum atomic E-state index is -3.68. The van der Waals surface area contributed by atoms with Crippen LogP contribution in [-0.2, 0) is 10.0 Å². The van der Waals surface area contributed by atoms with Crippen molar-refractivity contribution in [2.45, 2.75) is 30.8 Å². The Morgan fingerprint density at radius 2 is 1.87 bits per heavy atom. The highest BCUT2D eigenvalue weighted by Crippen LogP contribution is 2.31. The number of sulfonamides is 1. The van der Waals surface area contributed by atoms with E-state index in [-0.39, 0.29) is 28.1 Å². The first-order valence-corrected chi connectivity index (χ1v) is 12.1. The Balaban J connectivity index is 1.44. The van der Waals surface area contributed by atoms with Crippen molar-refractivity contribution in [1.82, 2.24) is 9.62 Å². The lowest BCUT2D eigenvalue weighted by Gasteiger charge is -2.29. The molecule has 1 amide bonds. The average Bonchev–Trinajstić information content (AvgIpc) is 2.77. The summed E-state index contributed by atoms with van der Waals surface area (Å²) in [6.07, 6.45) is 1.29. The summed E-state index contributed by atoms with van der Waals surface area (Å²) in [4.78, 5) is 12.8. The normalized spacial score (nSPS) is 19.7. The lowest BCUT2D eigenvalue weighted by Crippen LogP contribution is -2.41. The van der Waals surface area contributed by atoms with E-state index < -0.39 is 15.9 Å². The molecule has 1 fully saturated rings. The van der Waals surface area contributed by atoms with Crippen molar-refractivity contribution < 1.29 is 22.7 Å². The summed E-state index contributed by atoms with van der Waals surface area (Å²) in [6, 6.07) is 11.6. The van der Waals surface area contributed by atoms with Crippen LogP contribution in [0.1, 0.15) is 30.1 Å². The number of carbonyl (C=O) groups excluding carboxylic acids is 1. The van der Waals surface area contributed by atoms with Crippen LogP contribution in [-0.4, -0.2) is 51.0 Å². The van der Waals surface area contributed by atoms with Gasteiger partial charge in [-0.05, 0) is 49.1 Å². The van der Waals surface area contributed by atoms with Gasteiger partial charge in [-0.1, -0.05) is 30.7 Å². The standard InChI is InChI=1S/C22H25ClN2O5S/c1-15-8-10-25(11-9-15)31(27,28)17-6-7-19(23)18(12-17)22(26)24-13-16-14-29-20-4-2-3-5-21(20)30-16/h2-7,12,15-16H,8-11,13-14H2,1H3,(H,24,26)/t16-/m1/s1. The fourth-order valence-corrected chi connectivity index (χ4v) is 5.38. The lowest BCUT2D eigenvalue weighted by molar-refractivity contribution is 0.0789. The zero-order valence-corrected chi connectivity index (χ0v) is 18.8. The number of rotatable bonds is 5. The molecule has 1 saturated heterocycles. The maximum absolute atomic E-state index is 13.0. The predicted molar refractivity (Wildman–Crippen MR) is 117 cm³/mol. The minimum Gasteiger partial charge on any atom is -0.486 e. The van der Waals surface area contributed by atoms with E-state index in [2.05, 4.69) is 12.2 Å². The van der Waals surface area contributed by atoms with Gasteiger partial charge < -0.3 is 14.8 Å². The van der Waals surface area contributed by atoms with Crippen LogP contribution in [0.2, 0.25) is 5.02 Å². The molecular weight excluding hydrogens is 440 g/mol. The number of hydrogen-bond donors (Lipinski definition) is 1. The van der Waals surface area contributed by atoms with Gasteiger partial charge in [0.25, 0.3) is 5.91 Å². The van der Waals surface area contributed by atoms with Gasteiger partial charge in [-0.2, -0.15) is 4.31 Å². The second-order valence-electron chi connectivity index (χ2n) is 7.94. The van der Waals surface area contributed by atoms with Gasteiger partial charge in [0.1, 0.15) is 12.7 Å². The van der Waals surface area contributed by atoms with E-state index in [1.807, 2.05) is 18.2 Å². The molecule has 166 valence electrons. The highest BCUT2D eigenvalue weighted by atomic mass is 35.5.